The molecule has 1 aliphatic carbocycles. The summed E-state index contributed by atoms with van der Waals surface area (Å²) >= 11 is 0. The summed E-state index contributed by atoms with van der Waals surface area (Å²) in [5, 5.41) is 7.40. The summed E-state index contributed by atoms with van der Waals surface area (Å²) in [6, 6.07) is 3.91. The predicted molar refractivity (Wildman–Crippen MR) is 73.5 cm³/mol. The van der Waals surface area contributed by atoms with Gasteiger partial charge in [0.25, 0.3) is 0 Å². The molecule has 0 atom stereocenters. The van der Waals surface area contributed by atoms with E-state index in [2.05, 4.69) is 16.9 Å². The van der Waals surface area contributed by atoms with Crippen LogP contribution < -0.4 is 5.73 Å². The maximum atomic E-state index is 7.40. The molecule has 1 fully saturated rings. The topological polar surface area (TPSA) is 66.0 Å². The molecule has 0 unspecified atom stereocenters. The minimum absolute atomic E-state index is 0.0373. The molecule has 4 nitrogen and oxygen atoms in total. The largest absolute Gasteiger partial charge is 0.382 e. The van der Waals surface area contributed by atoms with Crippen LogP contribution in [-0.4, -0.2) is 29.3 Å². The van der Waals surface area contributed by atoms with Crippen LogP contribution >= 0.6 is 0 Å². The number of nitrogens with one attached hydrogen (secondary N) is 1. The highest BCUT2D eigenvalue weighted by Crippen LogP contribution is 2.25. The third-order valence-electron chi connectivity index (χ3n) is 3.60. The number of nitrogens with zero attached hydrogens (tertiary/aromatic N) is 2. The molecule has 1 heterocycles. The van der Waals surface area contributed by atoms with Gasteiger partial charge < -0.3 is 10.6 Å². The molecule has 1 aromatic rings. The Kier molecular flexibility index (Phi) is 4.31. The highest BCUT2D eigenvalue weighted by atomic mass is 15.1. The standard InChI is InChI=1S/C14H22N4/c1-18(9-11-4-2-3-5-11)10-12-6-7-17-13(8-12)14(15)16/h6-8,11H,2-5,9-10H2,1H3,(H3,15,16). The lowest BCUT2D eigenvalue weighted by molar-refractivity contribution is 0.271. The van der Waals surface area contributed by atoms with Crippen molar-refractivity contribution in [3.05, 3.63) is 29.6 Å². The van der Waals surface area contributed by atoms with E-state index in [1.165, 1.54) is 31.2 Å². The summed E-state index contributed by atoms with van der Waals surface area (Å²) in [7, 11) is 2.16. The fourth-order valence-corrected chi connectivity index (χ4v) is 2.73. The van der Waals surface area contributed by atoms with Crippen molar-refractivity contribution in [2.24, 2.45) is 11.7 Å². The van der Waals surface area contributed by atoms with E-state index in [1.54, 1.807) is 6.20 Å². The number of pyridine rings is 1. The summed E-state index contributed by atoms with van der Waals surface area (Å²) in [6.07, 6.45) is 7.26. The molecule has 0 radical (unpaired) electrons. The highest BCUT2D eigenvalue weighted by molar-refractivity contribution is 5.93. The maximum absolute atomic E-state index is 7.40. The Morgan fingerprint density at radius 3 is 2.89 bits per heavy atom. The molecular formula is C14H22N4. The fraction of sp³-hybridized carbons (Fsp3) is 0.571. The van der Waals surface area contributed by atoms with Crippen molar-refractivity contribution in [3.8, 4) is 0 Å². The van der Waals surface area contributed by atoms with Crippen LogP contribution in [0.1, 0.15) is 36.9 Å². The van der Waals surface area contributed by atoms with Gasteiger partial charge >= 0.3 is 0 Å². The Labute approximate surface area is 109 Å². The number of nitrogens with two attached hydrogens (primary N) is 1. The van der Waals surface area contributed by atoms with Crippen LogP contribution in [0.3, 0.4) is 0 Å². The lowest BCUT2D eigenvalue weighted by atomic mass is 10.1. The van der Waals surface area contributed by atoms with Crippen LogP contribution in [0.15, 0.2) is 18.3 Å². The van der Waals surface area contributed by atoms with Crippen LogP contribution in [0.5, 0.6) is 0 Å². The third kappa shape index (κ3) is 3.53. The minimum atomic E-state index is 0.0373. The van der Waals surface area contributed by atoms with Crippen molar-refractivity contribution in [2.45, 2.75) is 32.2 Å². The predicted octanol–water partition coefficient (Wildman–Crippen LogP) is 1.99. The molecule has 3 N–H and O–H groups in total. The highest BCUT2D eigenvalue weighted by Gasteiger charge is 2.16. The smallest absolute Gasteiger partial charge is 0.141 e. The Hall–Kier alpha value is -1.42. The van der Waals surface area contributed by atoms with Gasteiger partial charge in [-0.05, 0) is 43.5 Å². The number of amidine groups is 1. The quantitative estimate of drug-likeness (QED) is 0.617. The van der Waals surface area contributed by atoms with E-state index in [1.807, 2.05) is 12.1 Å². The first-order valence-electron chi connectivity index (χ1n) is 6.63. The molecule has 4 heteroatoms. The molecule has 1 aliphatic rings. The van der Waals surface area contributed by atoms with Gasteiger partial charge in [-0.15, -0.1) is 0 Å². The van der Waals surface area contributed by atoms with Crippen molar-refractivity contribution in [1.29, 1.82) is 5.41 Å². The van der Waals surface area contributed by atoms with Crippen LogP contribution in [0.2, 0.25) is 0 Å². The molecule has 0 aliphatic heterocycles. The minimum Gasteiger partial charge on any atom is -0.382 e. The summed E-state index contributed by atoms with van der Waals surface area (Å²) in [5.74, 6) is 0.902. The fourth-order valence-electron chi connectivity index (χ4n) is 2.73. The second kappa shape index (κ2) is 5.96. The van der Waals surface area contributed by atoms with Gasteiger partial charge in [-0.25, -0.2) is 0 Å². The molecule has 2 rings (SSSR count). The number of hydrogen-bond acceptors (Lipinski definition) is 3. The third-order valence-corrected chi connectivity index (χ3v) is 3.60. The van der Waals surface area contributed by atoms with E-state index in [0.717, 1.165) is 19.0 Å². The van der Waals surface area contributed by atoms with Crippen LogP contribution in [-0.2, 0) is 6.54 Å². The van der Waals surface area contributed by atoms with Gasteiger partial charge in [0.15, 0.2) is 0 Å². The van der Waals surface area contributed by atoms with Crippen molar-refractivity contribution in [1.82, 2.24) is 9.88 Å². The second-order valence-electron chi connectivity index (χ2n) is 5.31. The van der Waals surface area contributed by atoms with E-state index < -0.39 is 0 Å². The zero-order valence-corrected chi connectivity index (χ0v) is 11.0. The molecule has 0 spiro atoms. The molecule has 0 amide bonds. The van der Waals surface area contributed by atoms with Gasteiger partial charge in [0.1, 0.15) is 11.5 Å². The van der Waals surface area contributed by atoms with Gasteiger partial charge in [-0.2, -0.15) is 0 Å². The Bertz CT molecular complexity index is 410. The molecule has 0 saturated heterocycles. The SMILES string of the molecule is CN(Cc1ccnc(C(=N)N)c1)CC1CCCC1. The molecule has 0 bridgehead atoms. The van der Waals surface area contributed by atoms with E-state index >= 15 is 0 Å². The van der Waals surface area contributed by atoms with Crippen molar-refractivity contribution >= 4 is 5.84 Å². The van der Waals surface area contributed by atoms with Crippen molar-refractivity contribution < 1.29 is 0 Å². The number of nitrogen functional groups attached to an aromatic ring is 1. The molecular weight excluding hydrogens is 224 g/mol. The Morgan fingerprint density at radius 1 is 1.50 bits per heavy atom. The first-order chi connectivity index (χ1) is 8.65. The van der Waals surface area contributed by atoms with E-state index in [-0.39, 0.29) is 5.84 Å². The second-order valence-corrected chi connectivity index (χ2v) is 5.31. The zero-order valence-electron chi connectivity index (χ0n) is 11.0. The average molecular weight is 246 g/mol. The molecule has 98 valence electrons. The van der Waals surface area contributed by atoms with Crippen molar-refractivity contribution in [2.75, 3.05) is 13.6 Å². The van der Waals surface area contributed by atoms with E-state index in [9.17, 15) is 0 Å². The van der Waals surface area contributed by atoms with Gasteiger partial charge in [-0.1, -0.05) is 12.8 Å². The Balaban J connectivity index is 1.91. The summed E-state index contributed by atoms with van der Waals surface area (Å²) < 4.78 is 0. The Morgan fingerprint density at radius 2 is 2.22 bits per heavy atom. The molecule has 1 aromatic heterocycles. The summed E-state index contributed by atoms with van der Waals surface area (Å²) in [5.41, 5.74) is 7.20. The number of aromatic nitrogens is 1. The normalized spacial score (nSPS) is 16.3. The van der Waals surface area contributed by atoms with E-state index in [4.69, 9.17) is 11.1 Å². The summed E-state index contributed by atoms with van der Waals surface area (Å²) in [4.78, 5) is 6.44. The summed E-state index contributed by atoms with van der Waals surface area (Å²) in [6.45, 7) is 2.07. The zero-order chi connectivity index (χ0) is 13.0. The maximum Gasteiger partial charge on any atom is 0.141 e. The molecule has 18 heavy (non-hydrogen) atoms. The van der Waals surface area contributed by atoms with Gasteiger partial charge in [0, 0.05) is 19.3 Å². The lowest BCUT2D eigenvalue weighted by Gasteiger charge is -2.20. The molecule has 0 aromatic carbocycles. The monoisotopic (exact) mass is 246 g/mol. The van der Waals surface area contributed by atoms with E-state index in [0.29, 0.717) is 5.69 Å². The van der Waals surface area contributed by atoms with Gasteiger partial charge in [0.05, 0.1) is 0 Å². The van der Waals surface area contributed by atoms with Gasteiger partial charge in [0.2, 0.25) is 0 Å². The van der Waals surface area contributed by atoms with Crippen LogP contribution in [0.4, 0.5) is 0 Å². The van der Waals surface area contributed by atoms with Crippen LogP contribution in [0.25, 0.3) is 0 Å². The number of rotatable bonds is 5. The average Bonchev–Trinajstić information content (AvgIpc) is 2.82. The van der Waals surface area contributed by atoms with Gasteiger partial charge in [-0.3, -0.25) is 10.4 Å². The van der Waals surface area contributed by atoms with Crippen molar-refractivity contribution in [3.63, 3.8) is 0 Å². The molecule has 1 saturated carbocycles. The number of hydrogen-bond donors (Lipinski definition) is 2. The first kappa shape index (κ1) is 13.0. The first-order valence-corrected chi connectivity index (χ1v) is 6.63. The lowest BCUT2D eigenvalue weighted by Crippen LogP contribution is -2.24. The van der Waals surface area contributed by atoms with Crippen LogP contribution in [0, 0.1) is 11.3 Å².